The fourth-order valence-electron chi connectivity index (χ4n) is 1.86. The van der Waals surface area contributed by atoms with Gasteiger partial charge >= 0.3 is 29.8 Å². The molecule has 14 nitrogen and oxygen atoms in total. The summed E-state index contributed by atoms with van der Waals surface area (Å²) in [7, 11) is 0. The SMILES string of the molecule is CC(O)COOC(C)C(=O)OC(C)C(=O)OC(C)C(=O)OC(C)C(=O)OC(C)C(=O)OC(C)C=O. The summed E-state index contributed by atoms with van der Waals surface area (Å²) in [5, 5.41) is 9.06. The third kappa shape index (κ3) is 12.8. The van der Waals surface area contributed by atoms with Crippen molar-refractivity contribution < 1.29 is 67.3 Å². The van der Waals surface area contributed by atoms with E-state index in [0.29, 0.717) is 6.29 Å². The Morgan fingerprint density at radius 2 is 0.914 bits per heavy atom. The average molecular weight is 508 g/mol. The van der Waals surface area contributed by atoms with Crippen LogP contribution >= 0.6 is 0 Å². The van der Waals surface area contributed by atoms with Crippen LogP contribution in [0.25, 0.3) is 0 Å². The highest BCUT2D eigenvalue weighted by Gasteiger charge is 2.31. The van der Waals surface area contributed by atoms with Gasteiger partial charge in [-0.3, -0.25) is 4.79 Å². The molecule has 0 rings (SSSR count). The smallest absolute Gasteiger partial charge is 0.347 e. The summed E-state index contributed by atoms with van der Waals surface area (Å²) in [4.78, 5) is 79.7. The minimum atomic E-state index is -1.49. The maximum Gasteiger partial charge on any atom is 0.347 e. The van der Waals surface area contributed by atoms with E-state index < -0.39 is 72.6 Å². The monoisotopic (exact) mass is 508 g/mol. The van der Waals surface area contributed by atoms with Crippen LogP contribution < -0.4 is 0 Å². The maximum atomic E-state index is 12.1. The zero-order valence-corrected chi connectivity index (χ0v) is 20.6. The highest BCUT2D eigenvalue weighted by molar-refractivity contribution is 5.86. The number of carbonyl (C=O) groups excluding carboxylic acids is 6. The Balaban J connectivity index is 4.59. The number of aliphatic hydroxyl groups is 1. The van der Waals surface area contributed by atoms with E-state index in [0.717, 1.165) is 13.8 Å². The first-order chi connectivity index (χ1) is 16.2. The summed E-state index contributed by atoms with van der Waals surface area (Å²) in [6, 6.07) is 0. The van der Waals surface area contributed by atoms with Gasteiger partial charge < -0.3 is 28.8 Å². The predicted molar refractivity (Wildman–Crippen MR) is 112 cm³/mol. The molecule has 1 N–H and O–H groups in total. The molecule has 14 heteroatoms. The Morgan fingerprint density at radius 3 is 1.23 bits per heavy atom. The quantitative estimate of drug-likeness (QED) is 0.0985. The molecule has 0 aliphatic rings. The second kappa shape index (κ2) is 15.7. The van der Waals surface area contributed by atoms with Crippen LogP contribution in [0.3, 0.4) is 0 Å². The summed E-state index contributed by atoms with van der Waals surface area (Å²) in [6.07, 6.45) is -8.46. The van der Waals surface area contributed by atoms with Crippen molar-refractivity contribution in [1.82, 2.24) is 0 Å². The van der Waals surface area contributed by atoms with Crippen LogP contribution in [0.5, 0.6) is 0 Å². The van der Waals surface area contributed by atoms with E-state index in [2.05, 4.69) is 9.62 Å². The van der Waals surface area contributed by atoms with E-state index in [1.54, 1.807) is 0 Å². The molecule has 0 radical (unpaired) electrons. The molecule has 0 aliphatic carbocycles. The third-order valence-corrected chi connectivity index (χ3v) is 3.85. The molecule has 0 heterocycles. The molecule has 7 unspecified atom stereocenters. The van der Waals surface area contributed by atoms with Gasteiger partial charge in [-0.2, -0.15) is 0 Å². The number of aldehydes is 1. The van der Waals surface area contributed by atoms with Gasteiger partial charge in [0, 0.05) is 0 Å². The molecule has 7 atom stereocenters. The van der Waals surface area contributed by atoms with E-state index in [-0.39, 0.29) is 6.61 Å². The molecule has 0 saturated carbocycles. The first-order valence-corrected chi connectivity index (χ1v) is 10.6. The molecule has 0 aromatic carbocycles. The van der Waals surface area contributed by atoms with Gasteiger partial charge in [0.2, 0.25) is 0 Å². The predicted octanol–water partition coefficient (Wildman–Crippen LogP) is -0.439. The number of esters is 5. The van der Waals surface area contributed by atoms with Crippen LogP contribution in [0.15, 0.2) is 0 Å². The molecular weight excluding hydrogens is 476 g/mol. The van der Waals surface area contributed by atoms with Crippen LogP contribution in [0.1, 0.15) is 48.5 Å². The number of carbonyl (C=O) groups is 6. The Kier molecular flexibility index (Phi) is 14.3. The van der Waals surface area contributed by atoms with Gasteiger partial charge in [0.1, 0.15) is 6.61 Å². The van der Waals surface area contributed by atoms with Gasteiger partial charge in [0.25, 0.3) is 0 Å². The molecule has 0 spiro atoms. The van der Waals surface area contributed by atoms with Crippen molar-refractivity contribution in [3.63, 3.8) is 0 Å². The topological polar surface area (TPSA) is 187 Å². The normalized spacial score (nSPS) is 16.8. The maximum absolute atomic E-state index is 12.1. The minimum absolute atomic E-state index is 0.191. The van der Waals surface area contributed by atoms with Crippen molar-refractivity contribution in [1.29, 1.82) is 0 Å². The number of hydrogen-bond donors (Lipinski definition) is 1. The standard InChI is InChI=1S/C21H32O14/c1-10(23)9-29-35-16(7)21(28)34-15(6)20(27)33-14(5)19(26)32-13(4)18(25)31-12(3)17(24)30-11(2)8-22/h8,10-16,23H,9H2,1-7H3. The van der Waals surface area contributed by atoms with Gasteiger partial charge in [-0.15, -0.1) is 0 Å². The van der Waals surface area contributed by atoms with Crippen LogP contribution in [0.4, 0.5) is 0 Å². The van der Waals surface area contributed by atoms with Gasteiger partial charge in [-0.25, -0.2) is 33.7 Å². The fraction of sp³-hybridized carbons (Fsp3) is 0.714. The summed E-state index contributed by atoms with van der Waals surface area (Å²) in [6.45, 7) is 8.55. The van der Waals surface area contributed by atoms with Gasteiger partial charge in [0.05, 0.1) is 6.10 Å². The summed E-state index contributed by atoms with van der Waals surface area (Å²) < 4.78 is 24.1. The Bertz CT molecular complexity index is 748. The highest BCUT2D eigenvalue weighted by Crippen LogP contribution is 2.08. The van der Waals surface area contributed by atoms with Crippen molar-refractivity contribution >= 4 is 36.1 Å². The molecule has 200 valence electrons. The Morgan fingerprint density at radius 1 is 0.600 bits per heavy atom. The summed E-state index contributed by atoms with van der Waals surface area (Å²) in [5.74, 6) is -5.24. The van der Waals surface area contributed by atoms with Crippen LogP contribution in [-0.4, -0.2) is 90.6 Å². The van der Waals surface area contributed by atoms with Crippen molar-refractivity contribution in [3.05, 3.63) is 0 Å². The molecule has 0 aliphatic heterocycles. The first kappa shape index (κ1) is 31.9. The average Bonchev–Trinajstić information content (AvgIpc) is 2.77. The van der Waals surface area contributed by atoms with Crippen molar-refractivity contribution in [2.24, 2.45) is 0 Å². The second-order valence-electron chi connectivity index (χ2n) is 7.47. The van der Waals surface area contributed by atoms with E-state index >= 15 is 0 Å². The Labute approximate surface area is 202 Å². The summed E-state index contributed by atoms with van der Waals surface area (Å²) in [5.41, 5.74) is 0. The third-order valence-electron chi connectivity index (χ3n) is 3.85. The van der Waals surface area contributed by atoms with E-state index in [4.69, 9.17) is 28.9 Å². The molecular formula is C21H32O14. The van der Waals surface area contributed by atoms with E-state index in [9.17, 15) is 28.8 Å². The number of hydrogen-bond acceptors (Lipinski definition) is 14. The van der Waals surface area contributed by atoms with Crippen LogP contribution in [0, 0.1) is 0 Å². The zero-order chi connectivity index (χ0) is 27.3. The molecule has 0 bridgehead atoms. The van der Waals surface area contributed by atoms with Gasteiger partial charge in [0.15, 0.2) is 42.9 Å². The van der Waals surface area contributed by atoms with Crippen LogP contribution in [-0.2, 0) is 62.2 Å². The largest absolute Gasteiger partial charge is 0.452 e. The van der Waals surface area contributed by atoms with Gasteiger partial charge in [-0.05, 0) is 48.5 Å². The zero-order valence-electron chi connectivity index (χ0n) is 20.6. The molecule has 0 saturated heterocycles. The van der Waals surface area contributed by atoms with E-state index in [1.165, 1.54) is 34.6 Å². The lowest BCUT2D eigenvalue weighted by molar-refractivity contribution is -0.325. The lowest BCUT2D eigenvalue weighted by Crippen LogP contribution is -2.38. The molecule has 0 aromatic heterocycles. The molecule has 35 heavy (non-hydrogen) atoms. The number of ether oxygens (including phenoxy) is 5. The van der Waals surface area contributed by atoms with Crippen molar-refractivity contribution in [2.45, 2.75) is 91.2 Å². The molecule has 0 fully saturated rings. The second-order valence-corrected chi connectivity index (χ2v) is 7.47. The number of aliphatic hydroxyl groups excluding tert-OH is 1. The fourth-order valence-corrected chi connectivity index (χ4v) is 1.86. The minimum Gasteiger partial charge on any atom is -0.452 e. The van der Waals surface area contributed by atoms with Crippen molar-refractivity contribution in [2.75, 3.05) is 6.61 Å². The molecule has 0 aromatic rings. The van der Waals surface area contributed by atoms with E-state index in [1.807, 2.05) is 0 Å². The first-order valence-electron chi connectivity index (χ1n) is 10.6. The van der Waals surface area contributed by atoms with Crippen molar-refractivity contribution in [3.8, 4) is 0 Å². The highest BCUT2D eigenvalue weighted by atomic mass is 17.2. The lowest BCUT2D eigenvalue weighted by Gasteiger charge is -2.20. The lowest BCUT2D eigenvalue weighted by atomic mass is 10.3. The van der Waals surface area contributed by atoms with Crippen LogP contribution in [0.2, 0.25) is 0 Å². The number of rotatable bonds is 15. The summed E-state index contributed by atoms with van der Waals surface area (Å²) >= 11 is 0. The Hall–Kier alpha value is -3.10. The molecule has 0 amide bonds. The van der Waals surface area contributed by atoms with Gasteiger partial charge in [-0.1, -0.05) is 0 Å².